The molecule has 36 atom stereocenters. The van der Waals surface area contributed by atoms with E-state index in [-0.39, 0.29) is 35.4 Å². The van der Waals surface area contributed by atoms with E-state index < -0.39 is 239 Å². The van der Waals surface area contributed by atoms with Crippen molar-refractivity contribution in [2.24, 2.45) is 39.4 Å². The van der Waals surface area contributed by atoms with Gasteiger partial charge in [-0.15, -0.1) is 6.58 Å². The molecule has 548 valence electrons. The Morgan fingerprint density at radius 2 is 1.14 bits per heavy atom. The Bertz CT molecular complexity index is 2760. The van der Waals surface area contributed by atoms with Gasteiger partial charge in [0.1, 0.15) is 140 Å². The van der Waals surface area contributed by atoms with Crippen LogP contribution in [-0.4, -0.2) is 312 Å². The van der Waals surface area contributed by atoms with E-state index in [9.17, 15) is 86.2 Å². The highest BCUT2D eigenvalue weighted by Crippen LogP contribution is 2.75. The lowest BCUT2D eigenvalue weighted by atomic mass is 9.41. The lowest BCUT2D eigenvalue weighted by molar-refractivity contribution is -0.394. The molecule has 7 aliphatic heterocycles. The molecule has 15 N–H and O–H groups in total. The lowest BCUT2D eigenvalue weighted by Gasteiger charge is -2.63. The van der Waals surface area contributed by atoms with Gasteiger partial charge in [-0.3, -0.25) is 9.59 Å². The maximum absolute atomic E-state index is 14.5. The number of aliphatic hydroxyl groups excluding tert-OH is 15. The predicted octanol–water partition coefficient (Wildman–Crippen LogP) is -3.92. The van der Waals surface area contributed by atoms with Crippen LogP contribution in [0.15, 0.2) is 23.8 Å². The summed E-state index contributed by atoms with van der Waals surface area (Å²) in [6.07, 6.45) is -41.1. The summed E-state index contributed by atoms with van der Waals surface area (Å²) in [5.74, 6) is -0.929. The zero-order valence-electron chi connectivity index (χ0n) is 55.4. The van der Waals surface area contributed by atoms with Crippen LogP contribution in [0.3, 0.4) is 0 Å². The van der Waals surface area contributed by atoms with E-state index in [4.69, 9.17) is 66.3 Å². The van der Waals surface area contributed by atoms with E-state index in [1.807, 2.05) is 13.8 Å². The Labute approximate surface area is 555 Å². The number of ketones is 1. The molecule has 31 heteroatoms. The number of rotatable bonds is 20. The maximum atomic E-state index is 14.5. The molecule has 0 aromatic rings. The number of carbonyl (C=O) groups is 2. The van der Waals surface area contributed by atoms with Crippen LogP contribution in [0.1, 0.15) is 106 Å². The highest BCUT2D eigenvalue weighted by Gasteiger charge is 2.79. The smallest absolute Gasteiger partial charge is 0.314 e. The van der Waals surface area contributed by atoms with Crippen molar-refractivity contribution >= 4 is 11.8 Å². The van der Waals surface area contributed by atoms with Crippen LogP contribution in [0, 0.1) is 39.4 Å². The first-order chi connectivity index (χ1) is 45.3. The van der Waals surface area contributed by atoms with Gasteiger partial charge < -0.3 is 143 Å². The van der Waals surface area contributed by atoms with Gasteiger partial charge in [-0.25, -0.2) is 0 Å². The second kappa shape index (κ2) is 28.6. The number of methoxy groups -OCH3 is 1. The quantitative estimate of drug-likeness (QED) is 0.0409. The van der Waals surface area contributed by atoms with Gasteiger partial charge in [-0.05, 0) is 94.8 Å². The van der Waals surface area contributed by atoms with Crippen LogP contribution in [0.5, 0.6) is 0 Å². The van der Waals surface area contributed by atoms with Crippen molar-refractivity contribution in [2.45, 2.75) is 290 Å². The summed E-state index contributed by atoms with van der Waals surface area (Å²) < 4.78 is 84.1. The third-order valence-corrected chi connectivity index (χ3v) is 23.7. The third-order valence-electron chi connectivity index (χ3n) is 23.7. The molecule has 0 bridgehead atoms. The molecule has 11 aliphatic rings. The van der Waals surface area contributed by atoms with Gasteiger partial charge in [0.2, 0.25) is 0 Å². The van der Waals surface area contributed by atoms with Crippen LogP contribution < -0.4 is 0 Å². The lowest BCUT2D eigenvalue weighted by Crippen LogP contribution is -2.67. The van der Waals surface area contributed by atoms with Gasteiger partial charge in [0.15, 0.2) is 37.7 Å². The minimum absolute atomic E-state index is 0.0132. The number of ether oxygens (including phenoxy) is 14. The second-order valence-electron chi connectivity index (χ2n) is 30.0. The van der Waals surface area contributed by atoms with Crippen molar-refractivity contribution in [3.8, 4) is 0 Å². The van der Waals surface area contributed by atoms with Crippen LogP contribution in [0.25, 0.3) is 0 Å². The molecule has 3 saturated carbocycles. The van der Waals surface area contributed by atoms with Crippen LogP contribution in [-0.2, 0) is 75.9 Å². The van der Waals surface area contributed by atoms with Crippen molar-refractivity contribution in [2.75, 3.05) is 40.1 Å². The summed E-state index contributed by atoms with van der Waals surface area (Å²) in [7, 11) is 1.20. The molecule has 0 aromatic carbocycles. The molecular formula is C65H102O31. The minimum atomic E-state index is -2.04. The Morgan fingerprint density at radius 3 is 1.78 bits per heavy atom. The number of cyclic esters (lactones) is 1. The predicted molar refractivity (Wildman–Crippen MR) is 320 cm³/mol. The first kappa shape index (κ1) is 74.7. The van der Waals surface area contributed by atoms with E-state index in [0.29, 0.717) is 38.5 Å². The van der Waals surface area contributed by atoms with Gasteiger partial charge in [-0.1, -0.05) is 44.9 Å². The molecular weight excluding hydrogens is 1280 g/mol. The van der Waals surface area contributed by atoms with Crippen molar-refractivity contribution in [3.63, 3.8) is 0 Å². The number of aliphatic hydroxyl groups is 15. The Hall–Kier alpha value is -2.50. The van der Waals surface area contributed by atoms with Gasteiger partial charge in [0, 0.05) is 18.9 Å². The zero-order valence-corrected chi connectivity index (χ0v) is 55.4. The molecule has 96 heavy (non-hydrogen) atoms. The van der Waals surface area contributed by atoms with E-state index in [2.05, 4.69) is 40.3 Å². The number of hydrogen-bond donors (Lipinski definition) is 15. The summed E-state index contributed by atoms with van der Waals surface area (Å²) in [5.41, 5.74) is -1.67. The molecule has 1 spiro atoms. The van der Waals surface area contributed by atoms with Gasteiger partial charge in [0.25, 0.3) is 0 Å². The van der Waals surface area contributed by atoms with Crippen LogP contribution in [0.2, 0.25) is 0 Å². The average Bonchev–Trinajstić information content (AvgIpc) is 1.47. The zero-order chi connectivity index (χ0) is 69.8. The van der Waals surface area contributed by atoms with Gasteiger partial charge in [0.05, 0.1) is 56.6 Å². The Morgan fingerprint density at radius 1 is 0.583 bits per heavy atom. The molecule has 7 heterocycles. The van der Waals surface area contributed by atoms with Crippen molar-refractivity contribution in [1.29, 1.82) is 0 Å². The fourth-order valence-electron chi connectivity index (χ4n) is 18.5. The molecule has 36 unspecified atom stereocenters. The average molecular weight is 1380 g/mol. The van der Waals surface area contributed by atoms with Gasteiger partial charge >= 0.3 is 5.97 Å². The molecule has 0 radical (unpaired) electrons. The number of allylic oxidation sites excluding steroid dienone is 3. The first-order valence-electron chi connectivity index (χ1n) is 33.7. The number of esters is 1. The fourth-order valence-corrected chi connectivity index (χ4v) is 18.5. The van der Waals surface area contributed by atoms with E-state index in [1.165, 1.54) is 14.0 Å². The van der Waals surface area contributed by atoms with E-state index in [0.717, 1.165) is 24.0 Å². The molecule has 0 aromatic heterocycles. The normalized spacial score (nSPS) is 52.6. The highest BCUT2D eigenvalue weighted by atomic mass is 16.8. The standard InChI is InChI=1S/C65H102O31/c1-25(2)11-10-16-64(8)53-29(69)19-63(7)28-12-13-35-61(4,5)36(15-17-62(35,6)27(28)14-18-65(53,63)60(82)96-64)91-59-52(40(74)34(24-85-59)90-57-47(81)51(39(73)33(22-68)88-57)94-56-43(77)41(75)37(71)31(20-66)87-56)95-55-44(78)42(76)48(26(3)86-55)92-54-45(79)49(30(70)23-84-54)93-58-46(80)50(83-9)38(72)32(21-67)89-58/h12,26-27,30-59,66-68,70-81H,1,10-11,13-24H2,2-9H3. The molecule has 0 amide bonds. The molecule has 11 rings (SSSR count). The molecule has 4 aliphatic carbocycles. The van der Waals surface area contributed by atoms with Crippen LogP contribution >= 0.6 is 0 Å². The topological polar surface area (TPSA) is 467 Å². The van der Waals surface area contributed by atoms with Crippen molar-refractivity contribution in [1.82, 2.24) is 0 Å². The number of fused-ring (bicyclic) bond motifs is 4. The highest BCUT2D eigenvalue weighted by molar-refractivity contribution is 5.99. The molecule has 10 fully saturated rings. The van der Waals surface area contributed by atoms with Gasteiger partial charge in [-0.2, -0.15) is 0 Å². The van der Waals surface area contributed by atoms with Crippen molar-refractivity contribution in [3.05, 3.63) is 23.8 Å². The summed E-state index contributed by atoms with van der Waals surface area (Å²) in [4.78, 5) is 29.0. The summed E-state index contributed by atoms with van der Waals surface area (Å²) in [5, 5.41) is 166. The minimum Gasteiger partial charge on any atom is -0.458 e. The summed E-state index contributed by atoms with van der Waals surface area (Å²) in [6.45, 7) is 14.4. The largest absolute Gasteiger partial charge is 0.458 e. The fraction of sp³-hybridized carbons (Fsp3) is 0.908. The SMILES string of the molecule is C=C(C)CCCC1(C)OC(=O)C23CCC4C(=CCC5C(C)(C)C(OC6OCC(OC7OC(CO)C(O)C(OC8OC(CO)C(O)C(O)C8O)C7O)C(O)C6OC6OC(C)C(OC7OCC(O)C(OC8OC(CO)C(O)C(OC)C8O)C7O)C(O)C6O)CCC45C)C2(C)CC(=O)C13. The first-order valence-corrected chi connectivity index (χ1v) is 33.7. The monoisotopic (exact) mass is 1380 g/mol. The third kappa shape index (κ3) is 12.7. The summed E-state index contributed by atoms with van der Waals surface area (Å²) >= 11 is 0. The Balaban J connectivity index is 0.828. The molecule has 7 saturated heterocycles. The molecule has 31 nitrogen and oxygen atoms in total. The number of carbonyl (C=O) groups excluding carboxylic acids is 2. The summed E-state index contributed by atoms with van der Waals surface area (Å²) in [6, 6.07) is 0. The second-order valence-corrected chi connectivity index (χ2v) is 30.0. The van der Waals surface area contributed by atoms with Crippen molar-refractivity contribution < 1.29 is 153 Å². The Kier molecular flexibility index (Phi) is 22.3. The number of hydrogen-bond acceptors (Lipinski definition) is 31. The van der Waals surface area contributed by atoms with Crippen LogP contribution in [0.4, 0.5) is 0 Å². The van der Waals surface area contributed by atoms with E-state index in [1.54, 1.807) is 0 Å². The maximum Gasteiger partial charge on any atom is 0.314 e. The number of Topliss-reactive ketones (excluding diaryl/α,β-unsaturated/α-hetero) is 1. The van der Waals surface area contributed by atoms with E-state index >= 15 is 0 Å².